The molecule has 0 bridgehead atoms. The molecule has 0 aromatic heterocycles. The second-order valence-electron chi connectivity index (χ2n) is 14.5. The predicted molar refractivity (Wildman–Crippen MR) is 196 cm³/mol. The van der Waals surface area contributed by atoms with E-state index in [-0.39, 0.29) is 5.91 Å². The molecule has 1 rings (SSSR count). The molecule has 0 saturated carbocycles. The molecule has 1 fully saturated rings. The van der Waals surface area contributed by atoms with Gasteiger partial charge in [0.2, 0.25) is 11.8 Å². The first-order valence-electron chi connectivity index (χ1n) is 20.3. The number of nitrogens with two attached hydrogens (primary N) is 1. The molecule has 9 nitrogen and oxygen atoms in total. The Labute approximate surface area is 294 Å². The number of nitrogens with zero attached hydrogens (tertiary/aromatic N) is 1. The van der Waals surface area contributed by atoms with Crippen LogP contribution in [-0.4, -0.2) is 81.8 Å². The summed E-state index contributed by atoms with van der Waals surface area (Å²) in [5, 5.41) is 34.2. The van der Waals surface area contributed by atoms with Crippen molar-refractivity contribution in [2.24, 2.45) is 5.73 Å². The number of amides is 2. The molecule has 1 aliphatic heterocycles. The van der Waals surface area contributed by atoms with Crippen molar-refractivity contribution in [3.63, 3.8) is 0 Å². The summed E-state index contributed by atoms with van der Waals surface area (Å²) in [7, 11) is 0. The highest BCUT2D eigenvalue weighted by molar-refractivity contribution is 5.81. The Balaban J connectivity index is 2.60. The standard InChI is InChI=1S/C39H77N3O6/c1-4-6-8-10-12-14-15-16-17-18-19-20-22-24-26-28-30-42(34(44)29-27-25-23-21-13-11-9-7-5-2)39-35(41-38(47)32(3)40)37(46)36(45)33(31-43)48-39/h32-33,35-37,39,43,45-46H,4-31,40H2,1-3H3,(H,41,47)/t32-,33+,35+,36+,37+,39+/m0/s1. The SMILES string of the molecule is CCCCCCCCCCCCCCCCCCN(C(=O)CCCCCCCCCCC)[C@@H]1O[C@H](CO)[C@@H](O)[C@H](O)[C@H]1NC(=O)[C@H](C)N. The minimum Gasteiger partial charge on any atom is -0.394 e. The quantitative estimate of drug-likeness (QED) is 0.0483. The zero-order valence-corrected chi connectivity index (χ0v) is 31.4. The molecular formula is C39H77N3O6. The van der Waals surface area contributed by atoms with Crippen molar-refractivity contribution < 1.29 is 29.6 Å². The summed E-state index contributed by atoms with van der Waals surface area (Å²) in [5.74, 6) is -0.597. The van der Waals surface area contributed by atoms with E-state index in [4.69, 9.17) is 10.5 Å². The number of unbranched alkanes of at least 4 members (excludes halogenated alkanes) is 23. The van der Waals surface area contributed by atoms with E-state index in [1.54, 1.807) is 4.90 Å². The molecule has 0 aliphatic carbocycles. The smallest absolute Gasteiger partial charge is 0.237 e. The van der Waals surface area contributed by atoms with E-state index in [1.165, 1.54) is 129 Å². The van der Waals surface area contributed by atoms with Crippen LogP contribution in [0.15, 0.2) is 0 Å². The molecule has 1 saturated heterocycles. The Kier molecular flexibility index (Phi) is 27.5. The van der Waals surface area contributed by atoms with Crippen molar-refractivity contribution in [2.45, 2.75) is 224 Å². The van der Waals surface area contributed by atoms with E-state index in [2.05, 4.69) is 19.2 Å². The maximum absolute atomic E-state index is 13.7. The van der Waals surface area contributed by atoms with Crippen LogP contribution in [0.2, 0.25) is 0 Å². The van der Waals surface area contributed by atoms with Crippen LogP contribution in [0.3, 0.4) is 0 Å². The van der Waals surface area contributed by atoms with Gasteiger partial charge in [0.1, 0.15) is 24.4 Å². The van der Waals surface area contributed by atoms with Crippen LogP contribution in [0.5, 0.6) is 0 Å². The summed E-state index contributed by atoms with van der Waals surface area (Å²) in [4.78, 5) is 27.9. The van der Waals surface area contributed by atoms with E-state index < -0.39 is 49.1 Å². The maximum Gasteiger partial charge on any atom is 0.237 e. The van der Waals surface area contributed by atoms with Gasteiger partial charge in [-0.15, -0.1) is 0 Å². The van der Waals surface area contributed by atoms with Crippen molar-refractivity contribution in [2.75, 3.05) is 13.2 Å². The minimum absolute atomic E-state index is 0.0933. The molecule has 284 valence electrons. The number of carbonyl (C=O) groups excluding carboxylic acids is 2. The Morgan fingerprint density at radius 3 is 1.46 bits per heavy atom. The molecule has 0 aromatic carbocycles. The molecule has 2 amide bonds. The number of aliphatic hydroxyl groups is 3. The maximum atomic E-state index is 13.7. The van der Waals surface area contributed by atoms with Gasteiger partial charge in [0.15, 0.2) is 6.23 Å². The first-order chi connectivity index (χ1) is 23.3. The number of nitrogens with one attached hydrogen (secondary N) is 1. The van der Waals surface area contributed by atoms with Crippen molar-refractivity contribution in [1.82, 2.24) is 10.2 Å². The molecule has 6 atom stereocenters. The number of ether oxygens (including phenoxy) is 1. The van der Waals surface area contributed by atoms with Crippen LogP contribution in [0, 0.1) is 0 Å². The van der Waals surface area contributed by atoms with Gasteiger partial charge in [-0.25, -0.2) is 0 Å². The first-order valence-corrected chi connectivity index (χ1v) is 20.3. The average Bonchev–Trinajstić information content (AvgIpc) is 3.07. The predicted octanol–water partition coefficient (Wildman–Crippen LogP) is 7.27. The molecule has 6 N–H and O–H groups in total. The second-order valence-corrected chi connectivity index (χ2v) is 14.5. The zero-order chi connectivity index (χ0) is 35.4. The normalized spacial score (nSPS) is 21.7. The molecule has 1 heterocycles. The van der Waals surface area contributed by atoms with Crippen molar-refractivity contribution >= 4 is 11.8 Å². The van der Waals surface area contributed by atoms with Crippen molar-refractivity contribution in [1.29, 1.82) is 0 Å². The van der Waals surface area contributed by atoms with Crippen molar-refractivity contribution in [3.05, 3.63) is 0 Å². The fraction of sp³-hybridized carbons (Fsp3) is 0.949. The first kappa shape index (κ1) is 44.8. The lowest BCUT2D eigenvalue weighted by Gasteiger charge is -2.47. The average molecular weight is 684 g/mol. The van der Waals surface area contributed by atoms with Crippen LogP contribution in [0.1, 0.15) is 188 Å². The number of rotatable bonds is 31. The molecular weight excluding hydrogens is 606 g/mol. The summed E-state index contributed by atoms with van der Waals surface area (Å²) in [5.41, 5.74) is 5.79. The highest BCUT2D eigenvalue weighted by Crippen LogP contribution is 2.26. The van der Waals surface area contributed by atoms with E-state index in [0.29, 0.717) is 13.0 Å². The fourth-order valence-corrected chi connectivity index (χ4v) is 6.77. The highest BCUT2D eigenvalue weighted by atomic mass is 16.5. The largest absolute Gasteiger partial charge is 0.394 e. The van der Waals surface area contributed by atoms with Gasteiger partial charge in [0.05, 0.1) is 12.6 Å². The molecule has 0 unspecified atom stereocenters. The van der Waals surface area contributed by atoms with Gasteiger partial charge in [-0.2, -0.15) is 0 Å². The molecule has 48 heavy (non-hydrogen) atoms. The summed E-state index contributed by atoms with van der Waals surface area (Å²) in [6.07, 6.45) is 25.9. The zero-order valence-electron chi connectivity index (χ0n) is 31.4. The Morgan fingerprint density at radius 2 is 1.06 bits per heavy atom. The second kappa shape index (κ2) is 29.5. The highest BCUT2D eigenvalue weighted by Gasteiger charge is 2.48. The topological polar surface area (TPSA) is 145 Å². The van der Waals surface area contributed by atoms with Gasteiger partial charge in [-0.05, 0) is 19.8 Å². The third kappa shape index (κ3) is 19.8. The Morgan fingerprint density at radius 1 is 0.667 bits per heavy atom. The lowest BCUT2D eigenvalue weighted by molar-refractivity contribution is -0.231. The van der Waals surface area contributed by atoms with Gasteiger partial charge < -0.3 is 36.0 Å². The van der Waals surface area contributed by atoms with Gasteiger partial charge in [-0.3, -0.25) is 9.59 Å². The molecule has 0 aromatic rings. The van der Waals surface area contributed by atoms with E-state index in [1.807, 2.05) is 0 Å². The summed E-state index contributed by atoms with van der Waals surface area (Å²) >= 11 is 0. The Hall–Kier alpha value is -1.26. The van der Waals surface area contributed by atoms with E-state index in [9.17, 15) is 24.9 Å². The van der Waals surface area contributed by atoms with Gasteiger partial charge in [0, 0.05) is 13.0 Å². The van der Waals surface area contributed by atoms with Crippen LogP contribution in [-0.2, 0) is 14.3 Å². The monoisotopic (exact) mass is 684 g/mol. The molecule has 1 aliphatic rings. The molecule has 0 radical (unpaired) electrons. The number of hydrogen-bond acceptors (Lipinski definition) is 7. The third-order valence-corrected chi connectivity index (χ3v) is 10.00. The van der Waals surface area contributed by atoms with Crippen LogP contribution >= 0.6 is 0 Å². The number of carbonyl (C=O) groups is 2. The lowest BCUT2D eigenvalue weighted by Crippen LogP contribution is -2.69. The molecule has 9 heteroatoms. The number of aliphatic hydroxyl groups excluding tert-OH is 3. The molecule has 0 spiro atoms. The van der Waals surface area contributed by atoms with E-state index in [0.717, 1.165) is 38.5 Å². The Bertz CT molecular complexity index is 785. The minimum atomic E-state index is -1.42. The van der Waals surface area contributed by atoms with Gasteiger partial charge in [-0.1, -0.05) is 162 Å². The lowest BCUT2D eigenvalue weighted by atomic mass is 9.94. The van der Waals surface area contributed by atoms with Crippen LogP contribution in [0.25, 0.3) is 0 Å². The van der Waals surface area contributed by atoms with Crippen molar-refractivity contribution in [3.8, 4) is 0 Å². The number of hydrogen-bond donors (Lipinski definition) is 5. The van der Waals surface area contributed by atoms with E-state index >= 15 is 0 Å². The third-order valence-electron chi connectivity index (χ3n) is 10.00. The summed E-state index contributed by atoms with van der Waals surface area (Å²) in [6, 6.07) is -1.90. The van der Waals surface area contributed by atoms with Crippen LogP contribution < -0.4 is 11.1 Å². The summed E-state index contributed by atoms with van der Waals surface area (Å²) in [6.45, 7) is 5.94. The van der Waals surface area contributed by atoms with Gasteiger partial charge in [0.25, 0.3) is 0 Å². The van der Waals surface area contributed by atoms with Crippen LogP contribution in [0.4, 0.5) is 0 Å². The fourth-order valence-electron chi connectivity index (χ4n) is 6.77. The van der Waals surface area contributed by atoms with Gasteiger partial charge >= 0.3 is 0 Å². The summed E-state index contributed by atoms with van der Waals surface area (Å²) < 4.78 is 6.06.